The average Bonchev–Trinajstić information content (AvgIpc) is 2.40. The van der Waals surface area contributed by atoms with Crippen LogP contribution in [0.25, 0.3) is 0 Å². The summed E-state index contributed by atoms with van der Waals surface area (Å²) < 4.78 is 5.48. The Kier molecular flexibility index (Phi) is 4.20. The fourth-order valence-electron chi connectivity index (χ4n) is 2.28. The Hall–Kier alpha value is -1.55. The van der Waals surface area contributed by atoms with Crippen LogP contribution in [0.3, 0.4) is 0 Å². The van der Waals surface area contributed by atoms with Crippen molar-refractivity contribution in [2.24, 2.45) is 0 Å². The molecule has 0 bridgehead atoms. The summed E-state index contributed by atoms with van der Waals surface area (Å²) in [6.07, 6.45) is 3.31. The molecular formula is C14H20N2O2. The van der Waals surface area contributed by atoms with Gasteiger partial charge in [-0.05, 0) is 38.4 Å². The van der Waals surface area contributed by atoms with Gasteiger partial charge in [-0.1, -0.05) is 18.6 Å². The van der Waals surface area contributed by atoms with Gasteiger partial charge in [-0.15, -0.1) is 0 Å². The summed E-state index contributed by atoms with van der Waals surface area (Å²) in [6, 6.07) is 7.25. The number of carbonyl (C=O) groups is 1. The van der Waals surface area contributed by atoms with Gasteiger partial charge in [-0.2, -0.15) is 0 Å². The van der Waals surface area contributed by atoms with E-state index in [1.165, 1.54) is 12.8 Å². The lowest BCUT2D eigenvalue weighted by molar-refractivity contribution is 0.0227. The number of nitrogens with two attached hydrogens (primary N) is 1. The lowest BCUT2D eigenvalue weighted by atomic mass is 10.0. The molecule has 1 aliphatic heterocycles. The van der Waals surface area contributed by atoms with Crippen molar-refractivity contribution in [1.82, 2.24) is 5.32 Å². The van der Waals surface area contributed by atoms with Crippen molar-refractivity contribution >= 4 is 11.7 Å². The van der Waals surface area contributed by atoms with Crippen LogP contribution in [-0.2, 0) is 4.74 Å². The molecule has 18 heavy (non-hydrogen) atoms. The summed E-state index contributed by atoms with van der Waals surface area (Å²) in [5.74, 6) is -0.340. The van der Waals surface area contributed by atoms with Crippen LogP contribution in [0.1, 0.15) is 36.5 Å². The van der Waals surface area contributed by atoms with Crippen LogP contribution < -0.4 is 11.1 Å². The molecule has 1 aromatic rings. The molecule has 4 heteroatoms. The van der Waals surface area contributed by atoms with Gasteiger partial charge in [-0.25, -0.2) is 4.79 Å². The van der Waals surface area contributed by atoms with Gasteiger partial charge in [0.15, 0.2) is 0 Å². The largest absolute Gasteiger partial charge is 0.457 e. The molecule has 0 saturated carbocycles. The van der Waals surface area contributed by atoms with Crippen LogP contribution in [0.5, 0.6) is 0 Å². The minimum Gasteiger partial charge on any atom is -0.457 e. The molecule has 1 saturated heterocycles. The molecule has 1 heterocycles. The molecule has 2 rings (SSSR count). The third-order valence-electron chi connectivity index (χ3n) is 3.39. The fourth-order valence-corrected chi connectivity index (χ4v) is 2.28. The summed E-state index contributed by atoms with van der Waals surface area (Å²) in [5, 5.41) is 3.38. The molecule has 0 aliphatic carbocycles. The van der Waals surface area contributed by atoms with Crippen LogP contribution >= 0.6 is 0 Å². The predicted molar refractivity (Wildman–Crippen MR) is 71.4 cm³/mol. The Morgan fingerprint density at radius 2 is 2.22 bits per heavy atom. The molecule has 3 N–H and O–H groups in total. The van der Waals surface area contributed by atoms with Crippen LogP contribution in [-0.4, -0.2) is 24.7 Å². The second-order valence-corrected chi connectivity index (χ2v) is 4.75. The molecule has 98 valence electrons. The average molecular weight is 248 g/mol. The highest BCUT2D eigenvalue weighted by molar-refractivity contribution is 5.95. The first-order valence-corrected chi connectivity index (χ1v) is 6.47. The topological polar surface area (TPSA) is 64.3 Å². The number of nitrogens with one attached hydrogen (secondary N) is 1. The van der Waals surface area contributed by atoms with E-state index in [9.17, 15) is 4.79 Å². The van der Waals surface area contributed by atoms with Crippen LogP contribution in [0, 0.1) is 0 Å². The van der Waals surface area contributed by atoms with Gasteiger partial charge in [-0.3, -0.25) is 0 Å². The Balaban J connectivity index is 1.96. The smallest absolute Gasteiger partial charge is 0.340 e. The fraction of sp³-hybridized carbons (Fsp3) is 0.500. The first-order chi connectivity index (χ1) is 8.68. The molecule has 0 aromatic heterocycles. The first-order valence-electron chi connectivity index (χ1n) is 6.47. The summed E-state index contributed by atoms with van der Waals surface area (Å²) in [5.41, 5.74) is 6.67. The predicted octanol–water partition coefficient (Wildman–Crippen LogP) is 1.96. The van der Waals surface area contributed by atoms with Gasteiger partial charge in [0, 0.05) is 11.7 Å². The standard InChI is InChI=1S/C14H20N2O2/c1-10(13-8-4-5-9-16-13)18-14(17)11-6-2-3-7-12(11)15/h2-3,6-7,10,13,16H,4-5,8-9,15H2,1H3. The van der Waals surface area contributed by atoms with Crippen molar-refractivity contribution in [2.45, 2.75) is 38.3 Å². The Labute approximate surface area is 108 Å². The van der Waals surface area contributed by atoms with Gasteiger partial charge >= 0.3 is 5.97 Å². The SMILES string of the molecule is CC(OC(=O)c1ccccc1N)C1CCCCN1. The molecule has 0 radical (unpaired) electrons. The molecule has 1 aromatic carbocycles. The number of anilines is 1. The van der Waals surface area contributed by atoms with E-state index in [1.54, 1.807) is 24.3 Å². The second kappa shape index (κ2) is 5.87. The summed E-state index contributed by atoms with van der Waals surface area (Å²) in [6.45, 7) is 2.93. The zero-order chi connectivity index (χ0) is 13.0. The molecule has 2 atom stereocenters. The molecule has 4 nitrogen and oxygen atoms in total. The maximum Gasteiger partial charge on any atom is 0.340 e. The van der Waals surface area contributed by atoms with Crippen molar-refractivity contribution in [3.8, 4) is 0 Å². The number of benzene rings is 1. The maximum absolute atomic E-state index is 12.0. The second-order valence-electron chi connectivity index (χ2n) is 4.75. The first kappa shape index (κ1) is 12.9. The highest BCUT2D eigenvalue weighted by Crippen LogP contribution is 2.17. The number of piperidine rings is 1. The van der Waals surface area contributed by atoms with Crippen molar-refractivity contribution in [3.05, 3.63) is 29.8 Å². The van der Waals surface area contributed by atoms with Gasteiger partial charge in [0.25, 0.3) is 0 Å². The molecular weight excluding hydrogens is 228 g/mol. The monoisotopic (exact) mass is 248 g/mol. The summed E-state index contributed by atoms with van der Waals surface area (Å²) >= 11 is 0. The molecule has 1 aliphatic rings. The minimum atomic E-state index is -0.340. The number of rotatable bonds is 3. The minimum absolute atomic E-state index is 0.127. The highest BCUT2D eigenvalue weighted by Gasteiger charge is 2.23. The van der Waals surface area contributed by atoms with Crippen LogP contribution in [0.2, 0.25) is 0 Å². The third-order valence-corrected chi connectivity index (χ3v) is 3.39. The number of hydrogen-bond donors (Lipinski definition) is 2. The third kappa shape index (κ3) is 3.01. The van der Waals surface area contributed by atoms with Crippen molar-refractivity contribution in [3.63, 3.8) is 0 Å². The van der Waals surface area contributed by atoms with Gasteiger partial charge in [0.1, 0.15) is 6.10 Å². The Morgan fingerprint density at radius 1 is 1.44 bits per heavy atom. The number of ether oxygens (including phenoxy) is 1. The van der Waals surface area contributed by atoms with Crippen molar-refractivity contribution < 1.29 is 9.53 Å². The molecule has 0 amide bonds. The van der Waals surface area contributed by atoms with E-state index in [1.807, 2.05) is 6.92 Å². The lowest BCUT2D eigenvalue weighted by Gasteiger charge is -2.28. The van der Waals surface area contributed by atoms with Crippen molar-refractivity contribution in [1.29, 1.82) is 0 Å². The van der Waals surface area contributed by atoms with Gasteiger partial charge < -0.3 is 15.8 Å². The number of nitrogen functional groups attached to an aromatic ring is 1. The number of carbonyl (C=O) groups excluding carboxylic acids is 1. The summed E-state index contributed by atoms with van der Waals surface area (Å²) in [4.78, 5) is 12.0. The maximum atomic E-state index is 12.0. The summed E-state index contributed by atoms with van der Waals surface area (Å²) in [7, 11) is 0. The van der Waals surface area contributed by atoms with E-state index in [-0.39, 0.29) is 18.1 Å². The van der Waals surface area contributed by atoms with E-state index in [2.05, 4.69) is 5.32 Å². The van der Waals surface area contributed by atoms with Crippen molar-refractivity contribution in [2.75, 3.05) is 12.3 Å². The lowest BCUT2D eigenvalue weighted by Crippen LogP contribution is -2.43. The van der Waals surface area contributed by atoms with E-state index in [0.29, 0.717) is 11.3 Å². The quantitative estimate of drug-likeness (QED) is 0.634. The van der Waals surface area contributed by atoms with Gasteiger partial charge in [0.2, 0.25) is 0 Å². The molecule has 2 unspecified atom stereocenters. The number of esters is 1. The number of para-hydroxylation sites is 1. The van der Waals surface area contributed by atoms with Crippen LogP contribution in [0.4, 0.5) is 5.69 Å². The Morgan fingerprint density at radius 3 is 2.89 bits per heavy atom. The molecule has 1 fully saturated rings. The number of hydrogen-bond acceptors (Lipinski definition) is 4. The van der Waals surface area contributed by atoms with Gasteiger partial charge in [0.05, 0.1) is 5.56 Å². The normalized spacial score (nSPS) is 21.3. The van der Waals surface area contributed by atoms with E-state index < -0.39 is 0 Å². The van der Waals surface area contributed by atoms with E-state index in [0.717, 1.165) is 13.0 Å². The van der Waals surface area contributed by atoms with E-state index >= 15 is 0 Å². The zero-order valence-corrected chi connectivity index (χ0v) is 10.7. The van der Waals surface area contributed by atoms with E-state index in [4.69, 9.17) is 10.5 Å². The molecule has 0 spiro atoms. The van der Waals surface area contributed by atoms with Crippen LogP contribution in [0.15, 0.2) is 24.3 Å². The zero-order valence-electron chi connectivity index (χ0n) is 10.7. The highest BCUT2D eigenvalue weighted by atomic mass is 16.5. The Bertz CT molecular complexity index is 414.